The number of ether oxygens (including phenoxy) is 2. The standard InChI is InChI=1S/C41H45N7O3.ClH/c1-28(2)22-24-50-36-20-18-29-11-6-8-16-33(29)39(36)40-34-17-9-7-12-30(34)19-21-37(40)51-27-38(49)45-32(15-10-23-44-41(42)43)25-48-26-35(46-47-48)31-13-4-3-5-14-31;/h3-9,11-14,16-21,26,28,32H,10,15,22-25,27H2,1-2H3,(H,45,49)(H4,42,43,44);1H/t32-;/m1./s1. The third kappa shape index (κ3) is 9.58. The highest BCUT2D eigenvalue weighted by molar-refractivity contribution is 6.09. The second-order valence-electron chi connectivity index (χ2n) is 13.0. The lowest BCUT2D eigenvalue weighted by atomic mass is 9.92. The molecule has 0 aliphatic rings. The Kier molecular flexibility index (Phi) is 13.1. The van der Waals surface area contributed by atoms with E-state index in [0.29, 0.717) is 44.2 Å². The molecule has 5 aromatic carbocycles. The minimum Gasteiger partial charge on any atom is -0.493 e. The molecule has 52 heavy (non-hydrogen) atoms. The quantitative estimate of drug-likeness (QED) is 0.0538. The zero-order valence-electron chi connectivity index (χ0n) is 29.6. The predicted octanol–water partition coefficient (Wildman–Crippen LogP) is 7.38. The van der Waals surface area contributed by atoms with Crippen LogP contribution in [0.3, 0.4) is 0 Å². The average molecular weight is 720 g/mol. The molecule has 0 fully saturated rings. The first kappa shape index (κ1) is 37.6. The van der Waals surface area contributed by atoms with E-state index in [1.165, 1.54) is 0 Å². The zero-order chi connectivity index (χ0) is 35.6. The number of nitrogens with two attached hydrogens (primary N) is 2. The van der Waals surface area contributed by atoms with Gasteiger partial charge in [-0.3, -0.25) is 9.79 Å². The molecule has 0 aliphatic heterocycles. The Morgan fingerprint density at radius 2 is 1.42 bits per heavy atom. The summed E-state index contributed by atoms with van der Waals surface area (Å²) in [6.45, 7) is 5.66. The van der Waals surface area contributed by atoms with E-state index in [-0.39, 0.29) is 36.9 Å². The minimum atomic E-state index is -0.268. The number of nitrogens with zero attached hydrogens (tertiary/aromatic N) is 4. The van der Waals surface area contributed by atoms with Crippen molar-refractivity contribution < 1.29 is 14.3 Å². The van der Waals surface area contributed by atoms with Crippen LogP contribution in [0.1, 0.15) is 33.1 Å². The summed E-state index contributed by atoms with van der Waals surface area (Å²) in [5, 5.41) is 16.1. The van der Waals surface area contributed by atoms with Gasteiger partial charge in [0.1, 0.15) is 17.2 Å². The van der Waals surface area contributed by atoms with Crippen LogP contribution in [-0.2, 0) is 11.3 Å². The number of guanidine groups is 1. The lowest BCUT2D eigenvalue weighted by Crippen LogP contribution is -2.40. The predicted molar refractivity (Wildman–Crippen MR) is 212 cm³/mol. The van der Waals surface area contributed by atoms with Gasteiger partial charge >= 0.3 is 0 Å². The molecule has 0 radical (unpaired) electrons. The van der Waals surface area contributed by atoms with E-state index in [4.69, 9.17) is 20.9 Å². The molecule has 0 bridgehead atoms. The van der Waals surface area contributed by atoms with E-state index in [9.17, 15) is 4.79 Å². The van der Waals surface area contributed by atoms with Gasteiger partial charge in [-0.2, -0.15) is 0 Å². The molecule has 270 valence electrons. The maximum absolute atomic E-state index is 13.6. The Bertz CT molecular complexity index is 2110. The Morgan fingerprint density at radius 1 is 0.808 bits per heavy atom. The number of hydrogen-bond donors (Lipinski definition) is 3. The van der Waals surface area contributed by atoms with Gasteiger partial charge in [0, 0.05) is 29.3 Å². The summed E-state index contributed by atoms with van der Waals surface area (Å²) in [7, 11) is 0. The topological polar surface area (TPSA) is 143 Å². The smallest absolute Gasteiger partial charge is 0.258 e. The summed E-state index contributed by atoms with van der Waals surface area (Å²) >= 11 is 0. The van der Waals surface area contributed by atoms with E-state index in [0.717, 1.165) is 56.1 Å². The highest BCUT2D eigenvalue weighted by Crippen LogP contribution is 2.45. The van der Waals surface area contributed by atoms with Crippen LogP contribution in [0.5, 0.6) is 11.5 Å². The van der Waals surface area contributed by atoms with Gasteiger partial charge in [-0.25, -0.2) is 4.68 Å². The number of amides is 1. The van der Waals surface area contributed by atoms with Crippen molar-refractivity contribution in [3.63, 3.8) is 0 Å². The number of aromatic nitrogens is 3. The van der Waals surface area contributed by atoms with Crippen molar-refractivity contribution in [1.29, 1.82) is 0 Å². The maximum atomic E-state index is 13.6. The molecule has 0 spiro atoms. The fourth-order valence-corrected chi connectivity index (χ4v) is 6.19. The average Bonchev–Trinajstić information content (AvgIpc) is 3.61. The van der Waals surface area contributed by atoms with E-state index in [2.05, 4.69) is 64.8 Å². The second-order valence-corrected chi connectivity index (χ2v) is 13.0. The van der Waals surface area contributed by atoms with E-state index in [1.807, 2.05) is 79.0 Å². The third-order valence-electron chi connectivity index (χ3n) is 8.73. The van der Waals surface area contributed by atoms with E-state index >= 15 is 0 Å². The Balaban J connectivity index is 0.00000523. The van der Waals surface area contributed by atoms with Gasteiger partial charge in [0.05, 0.1) is 19.3 Å². The molecule has 11 heteroatoms. The number of benzene rings is 5. The number of carbonyl (C=O) groups is 1. The van der Waals surface area contributed by atoms with Crippen LogP contribution in [0.25, 0.3) is 43.9 Å². The highest BCUT2D eigenvalue weighted by Gasteiger charge is 2.21. The fourth-order valence-electron chi connectivity index (χ4n) is 6.19. The van der Waals surface area contributed by atoms with Gasteiger partial charge in [0.15, 0.2) is 12.6 Å². The van der Waals surface area contributed by atoms with Crippen LogP contribution in [-0.4, -0.2) is 52.7 Å². The second kappa shape index (κ2) is 18.1. The van der Waals surface area contributed by atoms with Crippen molar-refractivity contribution in [2.75, 3.05) is 19.8 Å². The molecule has 0 saturated carbocycles. The molecule has 1 heterocycles. The maximum Gasteiger partial charge on any atom is 0.258 e. The van der Waals surface area contributed by atoms with Crippen LogP contribution in [0.4, 0.5) is 0 Å². The Labute approximate surface area is 310 Å². The Hall–Kier alpha value is -5.61. The van der Waals surface area contributed by atoms with Gasteiger partial charge in [0.2, 0.25) is 0 Å². The number of hydrogen-bond acceptors (Lipinski definition) is 6. The molecule has 0 unspecified atom stereocenters. The SMILES string of the molecule is CC(C)CCOc1ccc2ccccc2c1-c1c(OCC(=O)N[C@H](CCCN=C(N)N)Cn2cc(-c3ccccc3)nn2)ccc2ccccc12.Cl. The molecule has 0 saturated heterocycles. The first-order valence-electron chi connectivity index (χ1n) is 17.5. The van der Waals surface area contributed by atoms with Crippen LogP contribution in [0, 0.1) is 5.92 Å². The molecule has 1 amide bonds. The lowest BCUT2D eigenvalue weighted by molar-refractivity contribution is -0.124. The number of carbonyl (C=O) groups excluding carboxylic acids is 1. The molecule has 5 N–H and O–H groups in total. The van der Waals surface area contributed by atoms with Crippen molar-refractivity contribution in [2.24, 2.45) is 22.4 Å². The largest absolute Gasteiger partial charge is 0.493 e. The summed E-state index contributed by atoms with van der Waals surface area (Å²) in [6.07, 6.45) is 4.10. The third-order valence-corrected chi connectivity index (χ3v) is 8.73. The lowest BCUT2D eigenvalue weighted by Gasteiger charge is -2.21. The first-order valence-corrected chi connectivity index (χ1v) is 17.5. The summed E-state index contributed by atoms with van der Waals surface area (Å²) in [6, 6.07) is 34.2. The van der Waals surface area contributed by atoms with Gasteiger partial charge in [-0.05, 0) is 58.9 Å². The minimum absolute atomic E-state index is 0. The van der Waals surface area contributed by atoms with Gasteiger partial charge in [-0.1, -0.05) is 110 Å². The Morgan fingerprint density at radius 3 is 2.06 bits per heavy atom. The summed E-state index contributed by atoms with van der Waals surface area (Å²) < 4.78 is 14.6. The summed E-state index contributed by atoms with van der Waals surface area (Å²) in [5.41, 5.74) is 14.6. The normalized spacial score (nSPS) is 11.6. The molecular formula is C41H46ClN7O3. The van der Waals surface area contributed by atoms with Crippen molar-refractivity contribution in [3.8, 4) is 33.9 Å². The monoisotopic (exact) mass is 719 g/mol. The molecule has 10 nitrogen and oxygen atoms in total. The van der Waals surface area contributed by atoms with Crippen LogP contribution in [0.2, 0.25) is 0 Å². The van der Waals surface area contributed by atoms with Crippen molar-refractivity contribution in [1.82, 2.24) is 20.3 Å². The van der Waals surface area contributed by atoms with Crippen LogP contribution in [0.15, 0.2) is 114 Å². The molecule has 1 aromatic heterocycles. The zero-order valence-corrected chi connectivity index (χ0v) is 30.4. The van der Waals surface area contributed by atoms with E-state index in [1.54, 1.807) is 4.68 Å². The highest BCUT2D eigenvalue weighted by atomic mass is 35.5. The molecule has 6 aromatic rings. The van der Waals surface area contributed by atoms with Crippen LogP contribution >= 0.6 is 12.4 Å². The summed E-state index contributed by atoms with van der Waals surface area (Å²) in [5.74, 6) is 1.68. The fraction of sp³-hybridized carbons (Fsp3) is 0.268. The summed E-state index contributed by atoms with van der Waals surface area (Å²) in [4.78, 5) is 17.7. The first-order chi connectivity index (χ1) is 24.9. The number of nitrogens with one attached hydrogen (secondary N) is 1. The van der Waals surface area contributed by atoms with Gasteiger partial charge in [0.25, 0.3) is 5.91 Å². The van der Waals surface area contributed by atoms with Crippen LogP contribution < -0.4 is 26.3 Å². The number of halogens is 1. The molecule has 1 atom stereocenters. The van der Waals surface area contributed by atoms with Crippen molar-refractivity contribution >= 4 is 45.8 Å². The number of rotatable bonds is 16. The number of fused-ring (bicyclic) bond motifs is 2. The van der Waals surface area contributed by atoms with E-state index < -0.39 is 0 Å². The van der Waals surface area contributed by atoms with Crippen molar-refractivity contribution in [3.05, 3.63) is 109 Å². The van der Waals surface area contributed by atoms with Gasteiger partial charge < -0.3 is 26.3 Å². The molecule has 0 aliphatic carbocycles. The molecular weight excluding hydrogens is 674 g/mol. The number of aliphatic imine (C=N–C) groups is 1. The molecule has 6 rings (SSSR count). The van der Waals surface area contributed by atoms with Gasteiger partial charge in [-0.15, -0.1) is 17.5 Å². The van der Waals surface area contributed by atoms with Crippen molar-refractivity contribution in [2.45, 2.75) is 45.7 Å².